The van der Waals surface area contributed by atoms with Crippen LogP contribution in [0, 0.1) is 4.77 Å². The zero-order valence-electron chi connectivity index (χ0n) is 11.8. The van der Waals surface area contributed by atoms with E-state index in [2.05, 4.69) is 9.97 Å². The second-order valence-electron chi connectivity index (χ2n) is 5.27. The number of fused-ring (bicyclic) bond motifs is 1. The summed E-state index contributed by atoms with van der Waals surface area (Å²) in [6, 6.07) is 3.53. The van der Waals surface area contributed by atoms with Crippen LogP contribution in [0.15, 0.2) is 12.1 Å². The fourth-order valence-corrected chi connectivity index (χ4v) is 2.40. The largest absolute Gasteiger partial charge is 0.481 e. The van der Waals surface area contributed by atoms with E-state index in [1.54, 1.807) is 30.5 Å². The summed E-state index contributed by atoms with van der Waals surface area (Å²) in [5.74, 6) is 0.456. The highest BCUT2D eigenvalue weighted by Gasteiger charge is 2.31. The predicted octanol–water partition coefficient (Wildman–Crippen LogP) is 1.93. The molecule has 0 amide bonds. The van der Waals surface area contributed by atoms with E-state index in [1.165, 1.54) is 13.4 Å². The lowest BCUT2D eigenvalue weighted by Gasteiger charge is -2.23. The van der Waals surface area contributed by atoms with Gasteiger partial charge in [-0.1, -0.05) is 0 Å². The minimum absolute atomic E-state index is 0.227. The van der Waals surface area contributed by atoms with Gasteiger partial charge >= 0.3 is 0 Å². The van der Waals surface area contributed by atoms with E-state index in [0.29, 0.717) is 16.3 Å². The van der Waals surface area contributed by atoms with Crippen LogP contribution in [0.1, 0.15) is 13.8 Å². The van der Waals surface area contributed by atoms with E-state index in [1.807, 2.05) is 0 Å². The Bertz CT molecular complexity index is 803. The number of hydrogen-bond acceptors (Lipinski definition) is 5. The Morgan fingerprint density at radius 2 is 2.10 bits per heavy atom. The quantitative estimate of drug-likeness (QED) is 0.872. The van der Waals surface area contributed by atoms with E-state index in [0.717, 1.165) is 5.52 Å². The van der Waals surface area contributed by atoms with Crippen LogP contribution >= 0.6 is 12.2 Å². The van der Waals surface area contributed by atoms with Gasteiger partial charge in [-0.05, 0) is 32.1 Å². The van der Waals surface area contributed by atoms with Gasteiger partial charge in [0.05, 0.1) is 17.4 Å². The van der Waals surface area contributed by atoms with Gasteiger partial charge < -0.3 is 9.72 Å². The molecular formula is C12H17N3O3S2. The molecule has 0 radical (unpaired) electrons. The number of aromatic amines is 1. The van der Waals surface area contributed by atoms with Crippen molar-refractivity contribution >= 4 is 33.2 Å². The van der Waals surface area contributed by atoms with Gasteiger partial charge in [-0.2, -0.15) is 4.98 Å². The van der Waals surface area contributed by atoms with Crippen molar-refractivity contribution in [1.29, 1.82) is 0 Å². The van der Waals surface area contributed by atoms with Crippen LogP contribution in [0.3, 0.4) is 0 Å². The summed E-state index contributed by atoms with van der Waals surface area (Å²) < 4.78 is 30.0. The van der Waals surface area contributed by atoms with E-state index < -0.39 is 14.6 Å². The third kappa shape index (κ3) is 2.57. The summed E-state index contributed by atoms with van der Waals surface area (Å²) in [5.41, 5.74) is 1.34. The second kappa shape index (κ2) is 4.85. The Balaban J connectivity index is 2.60. The van der Waals surface area contributed by atoms with Crippen molar-refractivity contribution in [3.8, 4) is 5.88 Å². The number of H-pyrrole nitrogens is 1. The molecule has 0 saturated carbocycles. The number of rotatable bonds is 4. The van der Waals surface area contributed by atoms with Gasteiger partial charge in [0.1, 0.15) is 0 Å². The Hall–Kier alpha value is -1.41. The molecule has 110 valence electrons. The average molecular weight is 315 g/mol. The lowest BCUT2D eigenvalue weighted by molar-refractivity contribution is 0.398. The molecule has 20 heavy (non-hydrogen) atoms. The fourth-order valence-electron chi connectivity index (χ4n) is 1.77. The Morgan fingerprint density at radius 1 is 1.45 bits per heavy atom. The van der Waals surface area contributed by atoms with Crippen LogP contribution in [0.4, 0.5) is 0 Å². The highest BCUT2D eigenvalue weighted by molar-refractivity contribution is 7.92. The molecule has 8 heteroatoms. The molecule has 6 nitrogen and oxygen atoms in total. The standard InChI is InChI=1S/C12H17N3O3S2/c1-12(2,20(4,16)17)7-15-10-8(13-11(15)19)5-6-9(14-10)18-3/h5-6H,7H2,1-4H3,(H,13,19). The molecule has 0 bridgehead atoms. The monoisotopic (exact) mass is 315 g/mol. The number of nitrogens with one attached hydrogen (secondary N) is 1. The van der Waals surface area contributed by atoms with E-state index >= 15 is 0 Å². The molecule has 1 N–H and O–H groups in total. The van der Waals surface area contributed by atoms with Crippen molar-refractivity contribution in [2.75, 3.05) is 13.4 Å². The molecule has 0 aromatic carbocycles. The minimum Gasteiger partial charge on any atom is -0.481 e. The van der Waals surface area contributed by atoms with E-state index in [4.69, 9.17) is 17.0 Å². The molecule has 0 fully saturated rings. The lowest BCUT2D eigenvalue weighted by Crippen LogP contribution is -2.35. The SMILES string of the molecule is COc1ccc2[nH]c(=S)n(CC(C)(C)S(C)(=O)=O)c2n1. The number of pyridine rings is 1. The van der Waals surface area contributed by atoms with Crippen LogP contribution in [0.25, 0.3) is 11.2 Å². The zero-order chi connectivity index (χ0) is 15.1. The number of hydrogen-bond donors (Lipinski definition) is 1. The molecular weight excluding hydrogens is 298 g/mol. The van der Waals surface area contributed by atoms with Gasteiger partial charge in [0.25, 0.3) is 0 Å². The van der Waals surface area contributed by atoms with Crippen molar-refractivity contribution in [1.82, 2.24) is 14.5 Å². The summed E-state index contributed by atoms with van der Waals surface area (Å²) in [4.78, 5) is 7.35. The van der Waals surface area contributed by atoms with Gasteiger partial charge in [0.15, 0.2) is 20.3 Å². The molecule has 0 spiro atoms. The van der Waals surface area contributed by atoms with Crippen LogP contribution in [0.2, 0.25) is 0 Å². The molecule has 0 unspecified atom stereocenters. The highest BCUT2D eigenvalue weighted by atomic mass is 32.2. The third-order valence-corrected chi connectivity index (χ3v) is 5.80. The maximum absolute atomic E-state index is 11.8. The molecule has 2 aromatic heterocycles. The summed E-state index contributed by atoms with van der Waals surface area (Å²) in [5, 5.41) is 0. The maximum atomic E-state index is 11.8. The molecule has 0 aliphatic rings. The van der Waals surface area contributed by atoms with Gasteiger partial charge in [0.2, 0.25) is 5.88 Å². The second-order valence-corrected chi connectivity index (χ2v) is 8.31. The molecule has 2 aromatic rings. The van der Waals surface area contributed by atoms with E-state index in [-0.39, 0.29) is 6.54 Å². The van der Waals surface area contributed by atoms with E-state index in [9.17, 15) is 8.42 Å². The first-order valence-electron chi connectivity index (χ1n) is 5.99. The fraction of sp³-hybridized carbons (Fsp3) is 0.500. The molecule has 0 saturated heterocycles. The Kier molecular flexibility index (Phi) is 3.64. The minimum atomic E-state index is -3.22. The first-order chi connectivity index (χ1) is 9.15. The number of sulfone groups is 1. The number of ether oxygens (including phenoxy) is 1. The maximum Gasteiger partial charge on any atom is 0.215 e. The van der Waals surface area contributed by atoms with Crippen molar-refractivity contribution in [3.05, 3.63) is 16.9 Å². The summed E-state index contributed by atoms with van der Waals surface area (Å²) in [7, 11) is -1.69. The Morgan fingerprint density at radius 3 is 2.65 bits per heavy atom. The summed E-state index contributed by atoms with van der Waals surface area (Å²) >= 11 is 5.26. The van der Waals surface area contributed by atoms with Crippen LogP contribution in [-0.2, 0) is 16.4 Å². The molecule has 0 atom stereocenters. The van der Waals surface area contributed by atoms with Crippen molar-refractivity contribution < 1.29 is 13.2 Å². The molecule has 0 aliphatic heterocycles. The summed E-state index contributed by atoms with van der Waals surface area (Å²) in [6.07, 6.45) is 1.22. The highest BCUT2D eigenvalue weighted by Crippen LogP contribution is 2.22. The topological polar surface area (TPSA) is 77.0 Å². The first kappa shape index (κ1) is 15.0. The summed E-state index contributed by atoms with van der Waals surface area (Å²) in [6.45, 7) is 3.57. The predicted molar refractivity (Wildman–Crippen MR) is 80.4 cm³/mol. The number of methoxy groups -OCH3 is 1. The molecule has 0 aliphatic carbocycles. The number of aromatic nitrogens is 3. The smallest absolute Gasteiger partial charge is 0.215 e. The van der Waals surface area contributed by atoms with Gasteiger partial charge in [-0.3, -0.25) is 4.57 Å². The van der Waals surface area contributed by atoms with Crippen LogP contribution in [0.5, 0.6) is 5.88 Å². The lowest BCUT2D eigenvalue weighted by atomic mass is 10.2. The normalized spacial score (nSPS) is 12.8. The first-order valence-corrected chi connectivity index (χ1v) is 8.29. The third-order valence-electron chi connectivity index (χ3n) is 3.34. The van der Waals surface area contributed by atoms with Crippen LogP contribution < -0.4 is 4.74 Å². The van der Waals surface area contributed by atoms with Crippen LogP contribution in [-0.4, -0.2) is 41.1 Å². The molecule has 2 rings (SSSR count). The van der Waals surface area contributed by atoms with Gasteiger partial charge in [-0.15, -0.1) is 0 Å². The van der Waals surface area contributed by atoms with Gasteiger partial charge in [-0.25, -0.2) is 8.42 Å². The van der Waals surface area contributed by atoms with Crippen molar-refractivity contribution in [3.63, 3.8) is 0 Å². The van der Waals surface area contributed by atoms with Crippen molar-refractivity contribution in [2.45, 2.75) is 25.1 Å². The van der Waals surface area contributed by atoms with Gasteiger partial charge in [0, 0.05) is 18.9 Å². The zero-order valence-corrected chi connectivity index (χ0v) is 13.4. The number of nitrogens with zero attached hydrogens (tertiary/aromatic N) is 2. The number of imidazole rings is 1. The Labute approximate surface area is 122 Å². The molecule has 2 heterocycles. The average Bonchev–Trinajstić information content (AvgIpc) is 2.63. The van der Waals surface area contributed by atoms with Crippen molar-refractivity contribution in [2.24, 2.45) is 0 Å².